The van der Waals surface area contributed by atoms with Crippen molar-refractivity contribution >= 4 is 86.9 Å². The predicted molar refractivity (Wildman–Crippen MR) is 341 cm³/mol. The van der Waals surface area contributed by atoms with E-state index in [2.05, 4.69) is 72.4 Å². The molecule has 9 amide bonds. The molecular formula is C64H78N16O15. The van der Waals surface area contributed by atoms with Gasteiger partial charge in [0.05, 0.1) is 25.3 Å². The van der Waals surface area contributed by atoms with Gasteiger partial charge in [-0.2, -0.15) is 0 Å². The molecule has 4 aromatic heterocycles. The van der Waals surface area contributed by atoms with Crippen LogP contribution in [0.4, 0.5) is 0 Å². The largest absolute Gasteiger partial charge is 0.508 e. The number of benzene rings is 3. The third-order valence-electron chi connectivity index (χ3n) is 16.1. The number of nitrogens with one attached hydrogen (secondary N) is 12. The van der Waals surface area contributed by atoms with Crippen molar-refractivity contribution in [1.82, 2.24) is 77.3 Å². The standard InChI is InChI=1S/C64H78N16O15/c1-34(2)20-46(57(88)75-47(22-36-26-68-44-10-5-3-8-41(36)44)58(89)78-51(21-35-13-15-40(82)16-14-35)64(95)80-19-7-12-53(80)63(94)70-30-55(85)86)74-61(92)50(25-39-29-67-33-72-39)77-62(93)52(31-81)79-59(90)48(23-37-27-69-45-11-6-4-9-42(37)45)76-60(91)49(24-38-28-66-32-71-38)73-56(87)43(65)17-18-54(83)84/h3-6,8-11,13-16,26-29,32-34,43,46-53,68-69,81-82H,7,12,17-25,30-31,65H2,1-2H3,(H,66,71)(H,67,72)(H,70,94)(H,73,87)(H,74,92)(H,75,88)(H,76,91)(H,77,93)(H,78,89)(H,79,90)(H,83,84)(H,85,86)/t43-,46+,47-,48-,49-,50-,51-,52-,53-/m0/s1. The van der Waals surface area contributed by atoms with Crippen LogP contribution in [0.1, 0.15) is 74.0 Å². The lowest BCUT2D eigenvalue weighted by Gasteiger charge is -2.30. The van der Waals surface area contributed by atoms with Crippen molar-refractivity contribution < 1.29 is 73.2 Å². The highest BCUT2D eigenvalue weighted by atomic mass is 16.4. The zero-order valence-electron chi connectivity index (χ0n) is 52.1. The minimum Gasteiger partial charge on any atom is -0.508 e. The first-order chi connectivity index (χ1) is 45.5. The number of hydrogen-bond donors (Lipinski definition) is 17. The molecular weight excluding hydrogens is 1230 g/mol. The highest BCUT2D eigenvalue weighted by molar-refractivity contribution is 5.99. The van der Waals surface area contributed by atoms with Gasteiger partial charge >= 0.3 is 11.9 Å². The molecule has 5 heterocycles. The first kappa shape index (κ1) is 69.9. The van der Waals surface area contributed by atoms with Crippen LogP contribution in [0.2, 0.25) is 0 Å². The Kier molecular flexibility index (Phi) is 24.3. The fourth-order valence-corrected chi connectivity index (χ4v) is 11.2. The molecule has 1 fully saturated rings. The molecule has 31 heteroatoms. The number of fused-ring (bicyclic) bond motifs is 2. The van der Waals surface area contributed by atoms with E-state index < -0.39 is 139 Å². The molecule has 18 N–H and O–H groups in total. The van der Waals surface area contributed by atoms with Crippen molar-refractivity contribution in [3.63, 3.8) is 0 Å². The number of hydrogen-bond acceptors (Lipinski definition) is 16. The Morgan fingerprint density at radius 1 is 0.568 bits per heavy atom. The summed E-state index contributed by atoms with van der Waals surface area (Å²) in [6, 6.07) is 7.18. The number of aromatic amines is 4. The van der Waals surface area contributed by atoms with Gasteiger partial charge < -0.3 is 93.5 Å². The van der Waals surface area contributed by atoms with Crippen molar-refractivity contribution in [2.75, 3.05) is 19.7 Å². The first-order valence-corrected chi connectivity index (χ1v) is 30.9. The summed E-state index contributed by atoms with van der Waals surface area (Å²) >= 11 is 0. The quantitative estimate of drug-likeness (QED) is 0.0233. The molecule has 0 spiro atoms. The van der Waals surface area contributed by atoms with Gasteiger partial charge in [-0.05, 0) is 72.6 Å². The maximum atomic E-state index is 15.0. The van der Waals surface area contributed by atoms with E-state index in [1.807, 2.05) is 6.07 Å². The summed E-state index contributed by atoms with van der Waals surface area (Å²) in [5, 5.41) is 61.7. The Morgan fingerprint density at radius 2 is 1.03 bits per heavy atom. The number of nitrogens with two attached hydrogens (primary N) is 1. The van der Waals surface area contributed by atoms with E-state index in [0.29, 0.717) is 56.3 Å². The van der Waals surface area contributed by atoms with Crippen molar-refractivity contribution in [2.45, 2.75) is 132 Å². The average Bonchev–Trinajstić information content (AvgIpc) is 1.82. The lowest BCUT2D eigenvalue weighted by Crippen LogP contribution is -2.61. The van der Waals surface area contributed by atoms with Crippen LogP contribution in [-0.2, 0) is 84.8 Å². The number of likely N-dealkylation sites (tertiary alicyclic amines) is 1. The zero-order chi connectivity index (χ0) is 68.3. The van der Waals surface area contributed by atoms with Gasteiger partial charge in [0, 0.05) is 103 Å². The highest BCUT2D eigenvalue weighted by Gasteiger charge is 2.40. The van der Waals surface area contributed by atoms with Crippen LogP contribution in [0, 0.1) is 5.92 Å². The normalized spacial score (nSPS) is 15.5. The minimum atomic E-state index is -1.80. The SMILES string of the molecule is CC(C)C[C@@H](NC(=O)[C@H](Cc1cnc[nH]1)NC(=O)[C@H](CO)NC(=O)[C@H](Cc1c[nH]c2ccccc12)NC(=O)[C@H](Cc1cnc[nH]1)NC(=O)[C@@H](N)CCC(=O)O)C(=O)N[C@@H](Cc1c[nH]c2ccccc12)C(=O)N[C@@H](Cc1ccc(O)cc1)C(=O)N1CCC[C@H]1C(=O)NCC(=O)O. The molecule has 9 atom stereocenters. The fourth-order valence-electron chi connectivity index (χ4n) is 11.2. The van der Waals surface area contributed by atoms with Crippen molar-refractivity contribution in [3.8, 4) is 5.75 Å². The van der Waals surface area contributed by atoms with Gasteiger partial charge in [0.1, 0.15) is 60.6 Å². The zero-order valence-corrected chi connectivity index (χ0v) is 52.1. The van der Waals surface area contributed by atoms with E-state index in [1.165, 1.54) is 42.1 Å². The minimum absolute atomic E-state index is 0.0329. The third kappa shape index (κ3) is 19.6. The van der Waals surface area contributed by atoms with Gasteiger partial charge in [0.25, 0.3) is 0 Å². The molecule has 0 radical (unpaired) electrons. The molecule has 7 aromatic rings. The summed E-state index contributed by atoms with van der Waals surface area (Å²) in [5.74, 6) is -10.7. The number of rotatable bonds is 34. The number of phenols is 1. The molecule has 0 saturated carbocycles. The molecule has 1 saturated heterocycles. The molecule has 31 nitrogen and oxygen atoms in total. The predicted octanol–water partition coefficient (Wildman–Crippen LogP) is -0.870. The molecule has 1 aliphatic heterocycles. The number of carbonyl (C=O) groups is 11. The number of amides is 9. The van der Waals surface area contributed by atoms with Crippen molar-refractivity contribution in [3.05, 3.63) is 138 Å². The number of carboxylic acids is 2. The smallest absolute Gasteiger partial charge is 0.322 e. The van der Waals surface area contributed by atoms with Gasteiger partial charge in [-0.25, -0.2) is 9.97 Å². The number of aromatic hydroxyl groups is 1. The monoisotopic (exact) mass is 1310 g/mol. The van der Waals surface area contributed by atoms with Crippen LogP contribution < -0.4 is 48.3 Å². The topological polar surface area (TPSA) is 483 Å². The molecule has 3 aromatic carbocycles. The van der Waals surface area contributed by atoms with Gasteiger partial charge in [0.2, 0.25) is 53.2 Å². The molecule has 0 aliphatic carbocycles. The number of para-hydroxylation sites is 2. The third-order valence-corrected chi connectivity index (χ3v) is 16.1. The highest BCUT2D eigenvalue weighted by Crippen LogP contribution is 2.24. The van der Waals surface area contributed by atoms with E-state index in [1.54, 1.807) is 80.8 Å². The summed E-state index contributed by atoms with van der Waals surface area (Å²) in [6.45, 7) is 1.91. The van der Waals surface area contributed by atoms with Crippen LogP contribution in [0.5, 0.6) is 5.75 Å². The Bertz CT molecular complexity index is 3830. The number of aromatic nitrogens is 6. The van der Waals surface area contributed by atoms with Gasteiger partial charge in [-0.15, -0.1) is 0 Å². The second kappa shape index (κ2) is 33.1. The van der Waals surface area contributed by atoms with Crippen molar-refractivity contribution in [1.29, 1.82) is 0 Å². The van der Waals surface area contributed by atoms with Crippen LogP contribution in [0.3, 0.4) is 0 Å². The lowest BCUT2D eigenvalue weighted by atomic mass is 9.99. The van der Waals surface area contributed by atoms with Crippen LogP contribution in [-0.4, -0.2) is 194 Å². The van der Waals surface area contributed by atoms with Gasteiger partial charge in [-0.3, -0.25) is 52.7 Å². The lowest BCUT2D eigenvalue weighted by molar-refractivity contribution is -0.143. The van der Waals surface area contributed by atoms with Gasteiger partial charge in [-0.1, -0.05) is 62.4 Å². The molecule has 0 bridgehead atoms. The molecule has 8 rings (SSSR count). The molecule has 504 valence electrons. The Balaban J connectivity index is 1.03. The number of carbonyl (C=O) groups excluding carboxylic acids is 9. The number of nitrogens with zero attached hydrogens (tertiary/aromatic N) is 3. The van der Waals surface area contributed by atoms with E-state index in [0.717, 1.165) is 0 Å². The van der Waals surface area contributed by atoms with E-state index >= 15 is 4.79 Å². The average molecular weight is 1310 g/mol. The van der Waals surface area contributed by atoms with Gasteiger partial charge in [0.15, 0.2) is 0 Å². The second-order valence-electron chi connectivity index (χ2n) is 23.6. The summed E-state index contributed by atoms with van der Waals surface area (Å²) in [7, 11) is 0. The summed E-state index contributed by atoms with van der Waals surface area (Å²) in [4.78, 5) is 173. The van der Waals surface area contributed by atoms with E-state index in [9.17, 15) is 68.4 Å². The second-order valence-corrected chi connectivity index (χ2v) is 23.6. The van der Waals surface area contributed by atoms with Crippen molar-refractivity contribution in [2.24, 2.45) is 11.7 Å². The van der Waals surface area contributed by atoms with Crippen LogP contribution >= 0.6 is 0 Å². The number of imidazole rings is 2. The van der Waals surface area contributed by atoms with Crippen LogP contribution in [0.25, 0.3) is 21.8 Å². The summed E-state index contributed by atoms with van der Waals surface area (Å²) in [6.07, 6.45) is 7.57. The Hall–Kier alpha value is -11.0. The molecule has 1 aliphatic rings. The first-order valence-electron chi connectivity index (χ1n) is 30.9. The molecule has 0 unspecified atom stereocenters. The Morgan fingerprint density at radius 3 is 1.52 bits per heavy atom. The number of aliphatic hydroxyl groups excluding tert-OH is 1. The number of H-pyrrole nitrogens is 4. The number of phenolic OH excluding ortho intramolecular Hbond substituents is 1. The number of carboxylic acid groups (broad SMARTS) is 2. The Labute approximate surface area is 543 Å². The number of aliphatic hydroxyl groups is 1. The fraction of sp³-hybridized carbons (Fsp3) is 0.391. The molecule has 95 heavy (non-hydrogen) atoms. The maximum absolute atomic E-state index is 15.0. The van der Waals surface area contributed by atoms with Crippen LogP contribution in [0.15, 0.2) is 110 Å². The summed E-state index contributed by atoms with van der Waals surface area (Å²) in [5.41, 5.74) is 9.74. The summed E-state index contributed by atoms with van der Waals surface area (Å²) < 4.78 is 0. The van der Waals surface area contributed by atoms with E-state index in [-0.39, 0.29) is 69.6 Å². The van der Waals surface area contributed by atoms with E-state index in [4.69, 9.17) is 5.73 Å². The number of aliphatic carboxylic acids is 2. The maximum Gasteiger partial charge on any atom is 0.322 e.